The minimum Gasteiger partial charge on any atom is -0.0984 e. The molecule has 0 N–H and O–H groups in total. The predicted octanol–water partition coefficient (Wildman–Crippen LogP) is 13.6. The summed E-state index contributed by atoms with van der Waals surface area (Å²) in [6.45, 7) is 10.5. The van der Waals surface area contributed by atoms with Crippen molar-refractivity contribution in [3.05, 3.63) is 205 Å². The fourth-order valence-electron chi connectivity index (χ4n) is 6.51. The Bertz CT molecular complexity index is 2200. The second-order valence-corrected chi connectivity index (χ2v) is 11.8. The zero-order valence-electron chi connectivity index (χ0n) is 28.2. The molecule has 0 aliphatic rings. The van der Waals surface area contributed by atoms with E-state index in [2.05, 4.69) is 183 Å². The third kappa shape index (κ3) is 6.85. The molecule has 0 amide bonds. The number of benzene rings is 7. The topological polar surface area (TPSA) is 0 Å². The minimum atomic E-state index is 0.883. The van der Waals surface area contributed by atoms with Gasteiger partial charge in [-0.25, -0.2) is 0 Å². The SMILES string of the molecule is C=C/C(=C\C=C(/C)c1ccccc1)c1c2ccccc2c(-c2ccc(-c3ccccc3)cc2)c2cc(Cc3ccccc3)ccc12.CC. The van der Waals surface area contributed by atoms with E-state index < -0.39 is 0 Å². The molecule has 0 nitrogen and oxygen atoms in total. The standard InChI is InChI=1S/C46H36.C2H6/c1-3-36(25-23-33(2)37-17-9-5-10-18-37)45-41-21-13-14-22-42(41)46(40-28-26-39(27-29-40)38-19-11-6-12-20-38)44-32-35(24-30-43(44)45)31-34-15-7-4-8-16-34;1-2/h3-30,32H,1,31H2,2H3;1-2H3/b33-23+,36-25+;. The summed E-state index contributed by atoms with van der Waals surface area (Å²) in [6.07, 6.45) is 7.33. The lowest BCUT2D eigenvalue weighted by Gasteiger charge is -2.19. The van der Waals surface area contributed by atoms with Crippen molar-refractivity contribution in [2.75, 3.05) is 0 Å². The number of hydrogen-bond donors (Lipinski definition) is 0. The van der Waals surface area contributed by atoms with Crippen LogP contribution in [0.25, 0.3) is 54.9 Å². The van der Waals surface area contributed by atoms with Crippen LogP contribution in [-0.4, -0.2) is 0 Å². The van der Waals surface area contributed by atoms with Crippen molar-refractivity contribution in [1.29, 1.82) is 0 Å². The molecule has 0 radical (unpaired) electrons. The van der Waals surface area contributed by atoms with Gasteiger partial charge in [-0.1, -0.05) is 196 Å². The third-order valence-corrected chi connectivity index (χ3v) is 8.87. The molecular weight excluding hydrogens is 577 g/mol. The van der Waals surface area contributed by atoms with Crippen LogP contribution in [0.4, 0.5) is 0 Å². The van der Waals surface area contributed by atoms with Crippen LogP contribution in [0.2, 0.25) is 0 Å². The molecule has 0 atom stereocenters. The van der Waals surface area contributed by atoms with Crippen LogP contribution in [-0.2, 0) is 6.42 Å². The fourth-order valence-corrected chi connectivity index (χ4v) is 6.51. The van der Waals surface area contributed by atoms with Gasteiger partial charge in [-0.2, -0.15) is 0 Å². The predicted molar refractivity (Wildman–Crippen MR) is 211 cm³/mol. The summed E-state index contributed by atoms with van der Waals surface area (Å²) >= 11 is 0. The molecule has 7 aromatic rings. The highest BCUT2D eigenvalue weighted by molar-refractivity contribution is 6.19. The van der Waals surface area contributed by atoms with Crippen molar-refractivity contribution in [3.63, 3.8) is 0 Å². The molecule has 0 aromatic heterocycles. The summed E-state index contributed by atoms with van der Waals surface area (Å²) < 4.78 is 0. The van der Waals surface area contributed by atoms with Gasteiger partial charge in [-0.05, 0) is 90.5 Å². The van der Waals surface area contributed by atoms with E-state index >= 15 is 0 Å². The Morgan fingerprint density at radius 1 is 0.500 bits per heavy atom. The molecule has 0 unspecified atom stereocenters. The first-order valence-corrected chi connectivity index (χ1v) is 16.9. The summed E-state index contributed by atoms with van der Waals surface area (Å²) in [7, 11) is 0. The zero-order chi connectivity index (χ0) is 33.3. The van der Waals surface area contributed by atoms with Crippen molar-refractivity contribution in [1.82, 2.24) is 0 Å². The quantitative estimate of drug-likeness (QED) is 0.117. The highest BCUT2D eigenvalue weighted by Gasteiger charge is 2.17. The van der Waals surface area contributed by atoms with Gasteiger partial charge in [0, 0.05) is 0 Å². The molecule has 7 aromatic carbocycles. The highest BCUT2D eigenvalue weighted by atomic mass is 14.2. The van der Waals surface area contributed by atoms with E-state index in [0.29, 0.717) is 0 Å². The maximum atomic E-state index is 4.30. The summed E-state index contributed by atoms with van der Waals surface area (Å²) in [6, 6.07) is 56.8. The normalized spacial score (nSPS) is 11.6. The molecule has 0 aliphatic carbocycles. The van der Waals surface area contributed by atoms with Crippen LogP contribution >= 0.6 is 0 Å². The molecule has 234 valence electrons. The van der Waals surface area contributed by atoms with Crippen LogP contribution in [0.5, 0.6) is 0 Å². The maximum Gasteiger partial charge on any atom is -0.00255 e. The van der Waals surface area contributed by atoms with E-state index in [1.165, 1.54) is 71.6 Å². The van der Waals surface area contributed by atoms with Crippen molar-refractivity contribution in [2.24, 2.45) is 0 Å². The molecule has 0 heteroatoms. The Balaban J connectivity index is 0.00000197. The fraction of sp³-hybridized carbons (Fsp3) is 0.0833. The summed E-state index contributed by atoms with van der Waals surface area (Å²) in [5, 5.41) is 4.95. The molecule has 0 fully saturated rings. The summed E-state index contributed by atoms with van der Waals surface area (Å²) in [5.74, 6) is 0. The Labute approximate surface area is 286 Å². The van der Waals surface area contributed by atoms with Gasteiger partial charge in [0.15, 0.2) is 0 Å². The molecule has 0 spiro atoms. The lowest BCUT2D eigenvalue weighted by molar-refractivity contribution is 1.20. The Morgan fingerprint density at radius 2 is 1.04 bits per heavy atom. The van der Waals surface area contributed by atoms with Gasteiger partial charge in [0.05, 0.1) is 0 Å². The van der Waals surface area contributed by atoms with Gasteiger partial charge in [0.1, 0.15) is 0 Å². The second kappa shape index (κ2) is 15.2. The molecule has 0 aliphatic heterocycles. The van der Waals surface area contributed by atoms with Crippen LogP contribution in [0.3, 0.4) is 0 Å². The Kier molecular flexibility index (Phi) is 10.2. The van der Waals surface area contributed by atoms with Gasteiger partial charge in [-0.15, -0.1) is 0 Å². The first-order chi connectivity index (χ1) is 23.7. The number of rotatable bonds is 8. The van der Waals surface area contributed by atoms with Gasteiger partial charge in [0.25, 0.3) is 0 Å². The van der Waals surface area contributed by atoms with E-state index in [-0.39, 0.29) is 0 Å². The largest absolute Gasteiger partial charge is 0.0984 e. The van der Waals surface area contributed by atoms with Crippen LogP contribution in [0, 0.1) is 0 Å². The number of allylic oxidation sites excluding steroid dienone is 5. The monoisotopic (exact) mass is 618 g/mol. The van der Waals surface area contributed by atoms with E-state index in [1.807, 2.05) is 19.9 Å². The van der Waals surface area contributed by atoms with Crippen molar-refractivity contribution in [3.8, 4) is 22.3 Å². The molecule has 7 rings (SSSR count). The average molecular weight is 619 g/mol. The van der Waals surface area contributed by atoms with Gasteiger partial charge in [-0.3, -0.25) is 0 Å². The van der Waals surface area contributed by atoms with Crippen molar-refractivity contribution < 1.29 is 0 Å². The molecule has 0 bridgehead atoms. The van der Waals surface area contributed by atoms with Crippen LogP contribution in [0.1, 0.15) is 43.0 Å². The average Bonchev–Trinajstić information content (AvgIpc) is 3.16. The van der Waals surface area contributed by atoms with Crippen molar-refractivity contribution >= 4 is 32.7 Å². The molecule has 0 heterocycles. The molecule has 0 saturated carbocycles. The highest BCUT2D eigenvalue weighted by Crippen LogP contribution is 2.43. The lowest BCUT2D eigenvalue weighted by atomic mass is 9.84. The Morgan fingerprint density at radius 3 is 1.71 bits per heavy atom. The van der Waals surface area contributed by atoms with Gasteiger partial charge >= 0.3 is 0 Å². The minimum absolute atomic E-state index is 0.883. The summed E-state index contributed by atoms with van der Waals surface area (Å²) in [5.41, 5.74) is 12.3. The number of fused-ring (bicyclic) bond motifs is 2. The van der Waals surface area contributed by atoms with Gasteiger partial charge < -0.3 is 0 Å². The molecule has 48 heavy (non-hydrogen) atoms. The van der Waals surface area contributed by atoms with Crippen LogP contribution < -0.4 is 0 Å². The summed E-state index contributed by atoms with van der Waals surface area (Å²) in [4.78, 5) is 0. The second-order valence-electron chi connectivity index (χ2n) is 11.8. The van der Waals surface area contributed by atoms with E-state index in [1.54, 1.807) is 0 Å². The number of hydrogen-bond acceptors (Lipinski definition) is 0. The zero-order valence-corrected chi connectivity index (χ0v) is 28.2. The lowest BCUT2D eigenvalue weighted by Crippen LogP contribution is -1.95. The first kappa shape index (κ1) is 32.2. The van der Waals surface area contributed by atoms with E-state index in [0.717, 1.165) is 12.0 Å². The third-order valence-electron chi connectivity index (χ3n) is 8.87. The smallest absolute Gasteiger partial charge is 0.00255 e. The van der Waals surface area contributed by atoms with E-state index in [9.17, 15) is 0 Å². The molecular formula is C48H42. The maximum absolute atomic E-state index is 4.30. The first-order valence-electron chi connectivity index (χ1n) is 16.9. The van der Waals surface area contributed by atoms with Crippen LogP contribution in [0.15, 0.2) is 183 Å². The van der Waals surface area contributed by atoms with Crippen molar-refractivity contribution in [2.45, 2.75) is 27.2 Å². The Hall–Kier alpha value is -5.72. The van der Waals surface area contributed by atoms with E-state index in [4.69, 9.17) is 0 Å². The molecule has 0 saturated heterocycles. The van der Waals surface area contributed by atoms with Gasteiger partial charge in [0.2, 0.25) is 0 Å².